The van der Waals surface area contributed by atoms with Gasteiger partial charge in [0.1, 0.15) is 6.29 Å². The van der Waals surface area contributed by atoms with Crippen molar-refractivity contribution in [3.05, 3.63) is 21.9 Å². The average Bonchev–Trinajstić information content (AvgIpc) is 2.94. The monoisotopic (exact) mass is 336 g/mol. The Morgan fingerprint density at radius 2 is 2.13 bits per heavy atom. The summed E-state index contributed by atoms with van der Waals surface area (Å²) in [7, 11) is 0. The van der Waals surface area contributed by atoms with Crippen LogP contribution in [-0.4, -0.2) is 48.2 Å². The number of nitrogens with zero attached hydrogens (tertiary/aromatic N) is 1. The summed E-state index contributed by atoms with van der Waals surface area (Å²) in [5, 5.41) is 11.5. The van der Waals surface area contributed by atoms with E-state index in [2.05, 4.69) is 20.9 Å². The molecule has 3 rings (SSSR count). The van der Waals surface area contributed by atoms with Crippen LogP contribution >= 0.6 is 11.3 Å². The van der Waals surface area contributed by atoms with Crippen LogP contribution in [0.15, 0.2) is 11.4 Å². The number of amides is 2. The lowest BCUT2D eigenvalue weighted by atomic mass is 10.0. The van der Waals surface area contributed by atoms with Crippen LogP contribution in [-0.2, 0) is 4.79 Å². The molecule has 7 heteroatoms. The highest BCUT2D eigenvalue weighted by Crippen LogP contribution is 2.17. The van der Waals surface area contributed by atoms with Crippen molar-refractivity contribution in [3.8, 4) is 0 Å². The molecule has 2 amide bonds. The highest BCUT2D eigenvalue weighted by atomic mass is 32.1. The fraction of sp³-hybridized carbons (Fsp3) is 0.625. The Balaban J connectivity index is 1.48. The molecule has 126 valence electrons. The predicted octanol–water partition coefficient (Wildman–Crippen LogP) is 1.03. The molecule has 0 spiro atoms. The van der Waals surface area contributed by atoms with Crippen molar-refractivity contribution >= 4 is 23.2 Å². The maximum absolute atomic E-state index is 12.2. The zero-order chi connectivity index (χ0) is 16.4. The van der Waals surface area contributed by atoms with Gasteiger partial charge >= 0.3 is 0 Å². The molecule has 3 heterocycles. The second-order valence-electron chi connectivity index (χ2n) is 6.51. The summed E-state index contributed by atoms with van der Waals surface area (Å²) in [6.45, 7) is 5.75. The fourth-order valence-corrected chi connectivity index (χ4v) is 3.97. The number of hydrogen-bond donors (Lipinski definition) is 3. The fourth-order valence-electron chi connectivity index (χ4n) is 3.17. The molecule has 23 heavy (non-hydrogen) atoms. The van der Waals surface area contributed by atoms with Gasteiger partial charge in [-0.3, -0.25) is 19.8 Å². The predicted molar refractivity (Wildman–Crippen MR) is 90.3 cm³/mol. The van der Waals surface area contributed by atoms with Crippen molar-refractivity contribution in [2.45, 2.75) is 51.5 Å². The van der Waals surface area contributed by atoms with Crippen molar-refractivity contribution in [2.24, 2.45) is 0 Å². The summed E-state index contributed by atoms with van der Waals surface area (Å²) in [6.07, 6.45) is 2.25. The van der Waals surface area contributed by atoms with Crippen LogP contribution in [0.4, 0.5) is 0 Å². The van der Waals surface area contributed by atoms with Crippen molar-refractivity contribution < 1.29 is 9.59 Å². The zero-order valence-electron chi connectivity index (χ0n) is 13.6. The van der Waals surface area contributed by atoms with E-state index >= 15 is 0 Å². The number of carbonyl (C=O) groups is 2. The number of carbonyl (C=O) groups excluding carboxylic acids is 2. The second-order valence-corrected chi connectivity index (χ2v) is 7.43. The van der Waals surface area contributed by atoms with Gasteiger partial charge < -0.3 is 10.6 Å². The van der Waals surface area contributed by atoms with E-state index in [1.165, 1.54) is 11.3 Å². The minimum atomic E-state index is -0.0807. The Morgan fingerprint density at radius 1 is 1.39 bits per heavy atom. The van der Waals surface area contributed by atoms with Gasteiger partial charge in [0, 0.05) is 31.6 Å². The van der Waals surface area contributed by atoms with Gasteiger partial charge in [0.25, 0.3) is 5.91 Å². The minimum absolute atomic E-state index is 0.0271. The third kappa shape index (κ3) is 4.10. The van der Waals surface area contributed by atoms with Crippen LogP contribution in [0.25, 0.3) is 0 Å². The molecule has 2 unspecified atom stereocenters. The molecule has 2 aliphatic heterocycles. The summed E-state index contributed by atoms with van der Waals surface area (Å²) in [5.41, 5.74) is 1.13. The van der Waals surface area contributed by atoms with Gasteiger partial charge in [-0.25, -0.2) is 0 Å². The molecule has 2 aliphatic rings. The number of hydrogen-bond acceptors (Lipinski definition) is 5. The third-order valence-corrected chi connectivity index (χ3v) is 5.46. The lowest BCUT2D eigenvalue weighted by molar-refractivity contribution is -0.127. The smallest absolute Gasteiger partial charge is 0.261 e. The first-order chi connectivity index (χ1) is 11.0. The first kappa shape index (κ1) is 16.4. The van der Waals surface area contributed by atoms with Crippen LogP contribution in [0.1, 0.15) is 41.4 Å². The van der Waals surface area contributed by atoms with E-state index in [1.807, 2.05) is 25.3 Å². The first-order valence-electron chi connectivity index (χ1n) is 8.17. The largest absolute Gasteiger partial charge is 0.349 e. The third-order valence-electron chi connectivity index (χ3n) is 4.42. The number of rotatable bonds is 3. The zero-order valence-corrected chi connectivity index (χ0v) is 14.4. The van der Waals surface area contributed by atoms with E-state index in [-0.39, 0.29) is 30.2 Å². The Bertz CT molecular complexity index is 580. The molecule has 1 aromatic heterocycles. The van der Waals surface area contributed by atoms with Crippen molar-refractivity contribution in [2.75, 3.05) is 13.1 Å². The maximum atomic E-state index is 12.2. The molecule has 0 aromatic carbocycles. The standard InChI is InChI=1S/C16H24N4O2S/c1-10-7-13(23-9-10)15(22)18-12-3-5-20(6-4-12)16-17-11(2)8-14(21)19-16/h7,9,11-12,16-17H,3-6,8H2,1-2H3,(H,18,22)(H,19,21). The highest BCUT2D eigenvalue weighted by Gasteiger charge is 2.30. The lowest BCUT2D eigenvalue weighted by Crippen LogP contribution is -2.65. The van der Waals surface area contributed by atoms with Crippen LogP contribution in [0, 0.1) is 6.92 Å². The summed E-state index contributed by atoms with van der Waals surface area (Å²) in [5.74, 6) is 0.129. The van der Waals surface area contributed by atoms with Crippen molar-refractivity contribution in [1.29, 1.82) is 0 Å². The Morgan fingerprint density at radius 3 is 2.74 bits per heavy atom. The normalized spacial score (nSPS) is 26.8. The maximum Gasteiger partial charge on any atom is 0.261 e. The van der Waals surface area contributed by atoms with Crippen LogP contribution < -0.4 is 16.0 Å². The Labute approximate surface area is 140 Å². The van der Waals surface area contributed by atoms with Crippen LogP contribution in [0.5, 0.6) is 0 Å². The summed E-state index contributed by atoms with van der Waals surface area (Å²) < 4.78 is 0. The topological polar surface area (TPSA) is 73.5 Å². The summed E-state index contributed by atoms with van der Waals surface area (Å²) >= 11 is 1.49. The number of thiophene rings is 1. The number of aryl methyl sites for hydroxylation is 1. The van der Waals surface area contributed by atoms with Crippen LogP contribution in [0.2, 0.25) is 0 Å². The molecule has 0 saturated carbocycles. The molecule has 6 nitrogen and oxygen atoms in total. The molecule has 2 saturated heterocycles. The van der Waals surface area contributed by atoms with E-state index in [4.69, 9.17) is 0 Å². The van der Waals surface area contributed by atoms with E-state index in [1.54, 1.807) is 0 Å². The van der Waals surface area contributed by atoms with Gasteiger partial charge in [-0.05, 0) is 43.7 Å². The first-order valence-corrected chi connectivity index (χ1v) is 9.04. The quantitative estimate of drug-likeness (QED) is 0.771. The summed E-state index contributed by atoms with van der Waals surface area (Å²) in [6, 6.07) is 2.34. The van der Waals surface area contributed by atoms with Gasteiger partial charge in [0.2, 0.25) is 5.91 Å². The Kier molecular flexibility index (Phi) is 4.99. The second kappa shape index (κ2) is 6.98. The molecular formula is C16H24N4O2S. The summed E-state index contributed by atoms with van der Waals surface area (Å²) in [4.78, 5) is 26.9. The van der Waals surface area contributed by atoms with Crippen molar-refractivity contribution in [1.82, 2.24) is 20.9 Å². The number of likely N-dealkylation sites (tertiary alicyclic amines) is 1. The van der Waals surface area contributed by atoms with E-state index in [0.29, 0.717) is 6.42 Å². The highest BCUT2D eigenvalue weighted by molar-refractivity contribution is 7.12. The molecule has 0 radical (unpaired) electrons. The number of piperidine rings is 1. The SMILES string of the molecule is Cc1csc(C(=O)NC2CCN(C3NC(=O)CC(C)N3)CC2)c1. The molecule has 2 atom stereocenters. The molecule has 0 bridgehead atoms. The van der Waals surface area contributed by atoms with Crippen LogP contribution in [0.3, 0.4) is 0 Å². The number of nitrogens with one attached hydrogen (secondary N) is 3. The van der Waals surface area contributed by atoms with Gasteiger partial charge in [-0.2, -0.15) is 0 Å². The van der Waals surface area contributed by atoms with Crippen molar-refractivity contribution in [3.63, 3.8) is 0 Å². The molecular weight excluding hydrogens is 312 g/mol. The molecule has 1 aromatic rings. The molecule has 0 aliphatic carbocycles. The van der Waals surface area contributed by atoms with Gasteiger partial charge in [0.05, 0.1) is 4.88 Å². The molecule has 3 N–H and O–H groups in total. The van der Waals surface area contributed by atoms with Gasteiger partial charge in [0.15, 0.2) is 0 Å². The van der Waals surface area contributed by atoms with E-state index < -0.39 is 0 Å². The Hall–Kier alpha value is -1.44. The molecule has 2 fully saturated rings. The van der Waals surface area contributed by atoms with E-state index in [0.717, 1.165) is 36.4 Å². The van der Waals surface area contributed by atoms with Gasteiger partial charge in [-0.1, -0.05) is 0 Å². The average molecular weight is 336 g/mol. The minimum Gasteiger partial charge on any atom is -0.349 e. The van der Waals surface area contributed by atoms with E-state index in [9.17, 15) is 9.59 Å². The van der Waals surface area contributed by atoms with Gasteiger partial charge in [-0.15, -0.1) is 11.3 Å². The lowest BCUT2D eigenvalue weighted by Gasteiger charge is -2.41.